The van der Waals surface area contributed by atoms with E-state index < -0.39 is 5.82 Å². The maximum Gasteiger partial charge on any atom is 0.274 e. The molecule has 0 aliphatic heterocycles. The Balaban J connectivity index is 1.87. The van der Waals surface area contributed by atoms with Gasteiger partial charge in [0.1, 0.15) is 11.5 Å². The zero-order chi connectivity index (χ0) is 31.3. The molecule has 4 rings (SSSR count). The number of aromatic nitrogens is 1. The molecule has 8 heteroatoms. The summed E-state index contributed by atoms with van der Waals surface area (Å²) in [6, 6.07) is 20.4. The number of nitrogens with zero attached hydrogens (tertiary/aromatic N) is 1. The molecule has 0 aliphatic carbocycles. The molecule has 0 bridgehead atoms. The lowest BCUT2D eigenvalue weighted by molar-refractivity contribution is 0.0961. The molecule has 0 saturated carbocycles. The molecule has 43 heavy (non-hydrogen) atoms. The summed E-state index contributed by atoms with van der Waals surface area (Å²) in [5.41, 5.74) is 5.52. The van der Waals surface area contributed by atoms with Crippen LogP contribution >= 0.6 is 0 Å². The van der Waals surface area contributed by atoms with Crippen molar-refractivity contribution in [3.05, 3.63) is 122 Å². The number of carbonyl (C=O) groups is 2. The minimum absolute atomic E-state index is 0.124. The molecule has 0 unspecified atom stereocenters. The summed E-state index contributed by atoms with van der Waals surface area (Å²) in [6.45, 7) is 8.72. The van der Waals surface area contributed by atoms with Crippen LogP contribution in [0.1, 0.15) is 69.7 Å². The number of nitrogens with one attached hydrogen (secondary N) is 3. The van der Waals surface area contributed by atoms with Crippen molar-refractivity contribution in [2.24, 2.45) is 0 Å². The first-order valence-corrected chi connectivity index (χ1v) is 14.4. The second kappa shape index (κ2) is 13.6. The summed E-state index contributed by atoms with van der Waals surface area (Å²) >= 11 is 0. The Labute approximate surface area is 252 Å². The molecule has 0 fully saturated rings. The zero-order valence-corrected chi connectivity index (χ0v) is 25.5. The van der Waals surface area contributed by atoms with E-state index in [-0.39, 0.29) is 35.8 Å². The van der Waals surface area contributed by atoms with E-state index in [0.717, 1.165) is 22.3 Å². The molecule has 0 saturated heterocycles. The second-order valence-corrected chi connectivity index (χ2v) is 11.1. The van der Waals surface area contributed by atoms with Crippen molar-refractivity contribution in [2.45, 2.75) is 46.2 Å². The highest BCUT2D eigenvalue weighted by Gasteiger charge is 2.19. The van der Waals surface area contributed by atoms with Gasteiger partial charge in [0, 0.05) is 41.9 Å². The van der Waals surface area contributed by atoms with Gasteiger partial charge in [-0.2, -0.15) is 0 Å². The van der Waals surface area contributed by atoms with Gasteiger partial charge in [0.05, 0.1) is 12.2 Å². The summed E-state index contributed by atoms with van der Waals surface area (Å²) in [5.74, 6) is -0.713. The number of rotatable bonds is 11. The molecule has 1 aromatic heterocycles. The Morgan fingerprint density at radius 3 is 2.28 bits per heavy atom. The molecule has 1 amide bonds. The number of hydrogen-bond donors (Lipinski definition) is 3. The number of carbonyl (C=O) groups excluding carboxylic acids is 2. The zero-order valence-electron chi connectivity index (χ0n) is 25.5. The van der Waals surface area contributed by atoms with E-state index in [1.165, 1.54) is 24.3 Å². The fourth-order valence-electron chi connectivity index (χ4n) is 4.99. The fourth-order valence-corrected chi connectivity index (χ4v) is 4.99. The Hall–Kier alpha value is -4.56. The molecular formula is C35H39FN4O3. The lowest BCUT2D eigenvalue weighted by Gasteiger charge is -2.20. The first kappa shape index (κ1) is 31.4. The molecule has 3 aromatic carbocycles. The first-order valence-electron chi connectivity index (χ1n) is 14.4. The van der Waals surface area contributed by atoms with Gasteiger partial charge in [0.15, 0.2) is 5.78 Å². The van der Waals surface area contributed by atoms with Crippen LogP contribution in [-0.2, 0) is 6.54 Å². The SMILES string of the molecule is CNC(=O)c1cccc(-c2ccc(NC[C@H](C)NC)c(=O)n2Cc2cc(C(=O)c3ccc(F)cc3)cc(C(C)C)c2)c1C. The highest BCUT2D eigenvalue weighted by Crippen LogP contribution is 2.28. The van der Waals surface area contributed by atoms with Crippen LogP contribution in [-0.4, -0.2) is 42.9 Å². The number of likely N-dealkylation sites (N-methyl/N-ethyl adjacent to an activating group) is 1. The maximum absolute atomic E-state index is 14.0. The number of ketones is 1. The minimum atomic E-state index is -0.409. The Morgan fingerprint density at radius 2 is 1.63 bits per heavy atom. The summed E-state index contributed by atoms with van der Waals surface area (Å²) < 4.78 is 15.2. The highest BCUT2D eigenvalue weighted by atomic mass is 19.1. The van der Waals surface area contributed by atoms with Crippen molar-refractivity contribution in [2.75, 3.05) is 26.0 Å². The van der Waals surface area contributed by atoms with Gasteiger partial charge in [0.25, 0.3) is 11.5 Å². The highest BCUT2D eigenvalue weighted by molar-refractivity contribution is 6.09. The van der Waals surface area contributed by atoms with E-state index in [2.05, 4.69) is 16.0 Å². The van der Waals surface area contributed by atoms with Gasteiger partial charge in [0.2, 0.25) is 0 Å². The fraction of sp³-hybridized carbons (Fsp3) is 0.286. The summed E-state index contributed by atoms with van der Waals surface area (Å²) in [5, 5.41) is 9.11. The molecule has 0 aliphatic rings. The van der Waals surface area contributed by atoms with E-state index in [4.69, 9.17) is 0 Å². The van der Waals surface area contributed by atoms with E-state index in [0.29, 0.717) is 34.6 Å². The van der Waals surface area contributed by atoms with E-state index in [1.807, 2.05) is 59.0 Å². The topological polar surface area (TPSA) is 92.2 Å². The van der Waals surface area contributed by atoms with Crippen molar-refractivity contribution in [3.63, 3.8) is 0 Å². The quantitative estimate of drug-likeness (QED) is 0.196. The van der Waals surface area contributed by atoms with Gasteiger partial charge in [-0.25, -0.2) is 4.39 Å². The molecule has 7 nitrogen and oxygen atoms in total. The number of halogens is 1. The van der Waals surface area contributed by atoms with Crippen LogP contribution in [0.5, 0.6) is 0 Å². The number of benzene rings is 3. The smallest absolute Gasteiger partial charge is 0.274 e. The molecule has 1 heterocycles. The van der Waals surface area contributed by atoms with Crippen molar-refractivity contribution in [3.8, 4) is 11.3 Å². The van der Waals surface area contributed by atoms with Crippen LogP contribution in [0.25, 0.3) is 11.3 Å². The third-order valence-electron chi connectivity index (χ3n) is 7.74. The lowest BCUT2D eigenvalue weighted by atomic mass is 9.93. The second-order valence-electron chi connectivity index (χ2n) is 11.1. The van der Waals surface area contributed by atoms with Gasteiger partial charge in [-0.05, 0) is 98.1 Å². The molecule has 1 atom stereocenters. The minimum Gasteiger partial charge on any atom is -0.379 e. The van der Waals surface area contributed by atoms with E-state index in [9.17, 15) is 18.8 Å². The molecule has 0 spiro atoms. The summed E-state index contributed by atoms with van der Waals surface area (Å²) in [6.07, 6.45) is 0. The van der Waals surface area contributed by atoms with Gasteiger partial charge in [-0.3, -0.25) is 14.4 Å². The lowest BCUT2D eigenvalue weighted by Crippen LogP contribution is -2.32. The predicted octanol–water partition coefficient (Wildman–Crippen LogP) is 5.74. The van der Waals surface area contributed by atoms with Crippen molar-refractivity contribution >= 4 is 17.4 Å². The predicted molar refractivity (Wildman–Crippen MR) is 171 cm³/mol. The van der Waals surface area contributed by atoms with Crippen LogP contribution in [0.3, 0.4) is 0 Å². The Kier molecular flexibility index (Phi) is 9.93. The molecule has 3 N–H and O–H groups in total. The summed E-state index contributed by atoms with van der Waals surface area (Å²) in [4.78, 5) is 40.1. The largest absolute Gasteiger partial charge is 0.379 e. The molecule has 4 aromatic rings. The van der Waals surface area contributed by atoms with Crippen molar-refractivity contribution in [1.29, 1.82) is 0 Å². The average molecular weight is 583 g/mol. The Morgan fingerprint density at radius 1 is 0.907 bits per heavy atom. The van der Waals surface area contributed by atoms with Crippen molar-refractivity contribution in [1.82, 2.24) is 15.2 Å². The van der Waals surface area contributed by atoms with E-state index >= 15 is 0 Å². The standard InChI is InChI=1S/C35H39FN4O3/c1-21(2)26-16-24(17-27(18-26)33(41)25-10-12-28(36)13-11-25)20-40-32(15-14-31(35(40)43)39-19-22(3)37-5)29-8-7-9-30(23(29)4)34(42)38-6/h7-18,21-22,37,39H,19-20H2,1-6H3,(H,38,42)/t22-/m0/s1. The maximum atomic E-state index is 14.0. The number of anilines is 1. The van der Waals surface area contributed by atoms with E-state index in [1.54, 1.807) is 35.9 Å². The van der Waals surface area contributed by atoms with Crippen LogP contribution < -0.4 is 21.5 Å². The van der Waals surface area contributed by atoms with Crippen LogP contribution in [0.2, 0.25) is 0 Å². The first-order chi connectivity index (χ1) is 20.5. The number of amides is 1. The van der Waals surface area contributed by atoms with Crippen molar-refractivity contribution < 1.29 is 14.0 Å². The molecule has 0 radical (unpaired) electrons. The van der Waals surface area contributed by atoms with Crippen LogP contribution in [0.4, 0.5) is 10.1 Å². The average Bonchev–Trinajstić information content (AvgIpc) is 3.01. The molecule has 224 valence electrons. The van der Waals surface area contributed by atoms with Gasteiger partial charge in [-0.1, -0.05) is 32.0 Å². The number of pyridine rings is 1. The monoisotopic (exact) mass is 582 g/mol. The van der Waals surface area contributed by atoms with Crippen LogP contribution in [0.15, 0.2) is 77.6 Å². The normalized spacial score (nSPS) is 11.8. The van der Waals surface area contributed by atoms with Gasteiger partial charge >= 0.3 is 0 Å². The number of hydrogen-bond acceptors (Lipinski definition) is 5. The summed E-state index contributed by atoms with van der Waals surface area (Å²) in [7, 11) is 3.45. The Bertz CT molecular complexity index is 1690. The van der Waals surface area contributed by atoms with Gasteiger partial charge < -0.3 is 20.5 Å². The third-order valence-corrected chi connectivity index (χ3v) is 7.74. The van der Waals surface area contributed by atoms with Gasteiger partial charge in [-0.15, -0.1) is 0 Å². The van der Waals surface area contributed by atoms with Crippen LogP contribution in [0, 0.1) is 12.7 Å². The molecular weight excluding hydrogens is 543 g/mol. The third kappa shape index (κ3) is 7.09.